The zero-order chi connectivity index (χ0) is 14.5. The lowest BCUT2D eigenvalue weighted by molar-refractivity contribution is -0.117. The van der Waals surface area contributed by atoms with Crippen LogP contribution in [0.25, 0.3) is 0 Å². The lowest BCUT2D eigenvalue weighted by Crippen LogP contribution is -2.37. The predicted octanol–water partition coefficient (Wildman–Crippen LogP) is -0.0160. The second-order valence-electron chi connectivity index (χ2n) is 4.27. The topological polar surface area (TPSA) is 121 Å². The Hall–Kier alpha value is -2.67. The minimum Gasteiger partial charge on any atom is -0.508 e. The van der Waals surface area contributed by atoms with Crippen molar-refractivity contribution in [3.63, 3.8) is 0 Å². The molecular formula is C13H14N4O3. The van der Waals surface area contributed by atoms with Crippen LogP contribution in [0, 0.1) is 0 Å². The quantitative estimate of drug-likeness (QED) is 0.624. The Balaban J connectivity index is 1.96. The lowest BCUT2D eigenvalue weighted by Gasteiger charge is -2.11. The number of rotatable bonds is 4. The van der Waals surface area contributed by atoms with Crippen molar-refractivity contribution >= 4 is 11.7 Å². The molecule has 0 radical (unpaired) electrons. The number of nitrogens with two attached hydrogens (primary N) is 1. The van der Waals surface area contributed by atoms with E-state index in [1.165, 1.54) is 24.3 Å². The minimum absolute atomic E-state index is 0.157. The van der Waals surface area contributed by atoms with Crippen molar-refractivity contribution in [1.82, 2.24) is 10.2 Å². The molecule has 7 heteroatoms. The summed E-state index contributed by atoms with van der Waals surface area (Å²) in [5.74, 6) is -0.0161. The molecule has 0 unspecified atom stereocenters. The Morgan fingerprint density at radius 3 is 2.60 bits per heavy atom. The molecule has 7 nitrogen and oxygen atoms in total. The van der Waals surface area contributed by atoms with Crippen LogP contribution in [0.1, 0.15) is 5.56 Å². The van der Waals surface area contributed by atoms with Crippen LogP contribution in [0.15, 0.2) is 41.2 Å². The molecule has 0 saturated heterocycles. The molecule has 1 heterocycles. The van der Waals surface area contributed by atoms with Gasteiger partial charge in [0.05, 0.1) is 6.04 Å². The summed E-state index contributed by atoms with van der Waals surface area (Å²) in [7, 11) is 0. The molecular weight excluding hydrogens is 260 g/mol. The Bertz CT molecular complexity index is 631. The van der Waals surface area contributed by atoms with Crippen molar-refractivity contribution in [1.29, 1.82) is 0 Å². The van der Waals surface area contributed by atoms with Gasteiger partial charge >= 0.3 is 0 Å². The summed E-state index contributed by atoms with van der Waals surface area (Å²) in [5, 5.41) is 17.5. The molecule has 0 spiro atoms. The average Bonchev–Trinajstić information content (AvgIpc) is 2.44. The number of hydrogen-bond acceptors (Lipinski definition) is 5. The van der Waals surface area contributed by atoms with Gasteiger partial charge in [0.15, 0.2) is 5.82 Å². The van der Waals surface area contributed by atoms with Crippen LogP contribution < -0.4 is 16.6 Å². The summed E-state index contributed by atoms with van der Waals surface area (Å²) in [5.41, 5.74) is 6.27. The van der Waals surface area contributed by atoms with Crippen molar-refractivity contribution in [2.75, 3.05) is 5.32 Å². The van der Waals surface area contributed by atoms with Gasteiger partial charge in [0.2, 0.25) is 5.91 Å². The molecule has 2 rings (SSSR count). The second-order valence-corrected chi connectivity index (χ2v) is 4.27. The maximum absolute atomic E-state index is 11.9. The van der Waals surface area contributed by atoms with E-state index in [2.05, 4.69) is 15.5 Å². The summed E-state index contributed by atoms with van der Waals surface area (Å²) in [6.45, 7) is 0. The molecule has 0 fully saturated rings. The summed E-state index contributed by atoms with van der Waals surface area (Å²) in [4.78, 5) is 22.7. The smallest absolute Gasteiger partial charge is 0.264 e. The number of phenolic OH excluding ortho intramolecular Hbond substituents is 1. The number of phenols is 1. The van der Waals surface area contributed by atoms with Crippen LogP contribution in [0.2, 0.25) is 0 Å². The maximum atomic E-state index is 11.9. The molecule has 1 aromatic heterocycles. The highest BCUT2D eigenvalue weighted by Crippen LogP contribution is 2.11. The van der Waals surface area contributed by atoms with E-state index in [9.17, 15) is 9.59 Å². The SMILES string of the molecule is N[C@H](Cc1ccc(O)cc1)C(=O)Nc1ccc(=O)[nH]n1. The fourth-order valence-corrected chi connectivity index (χ4v) is 1.61. The number of nitrogens with zero attached hydrogens (tertiary/aromatic N) is 1. The van der Waals surface area contributed by atoms with Crippen LogP contribution in [0.3, 0.4) is 0 Å². The van der Waals surface area contributed by atoms with E-state index in [4.69, 9.17) is 10.8 Å². The molecule has 2 aromatic rings. The average molecular weight is 274 g/mol. The number of nitrogens with one attached hydrogen (secondary N) is 2. The first-order valence-electron chi connectivity index (χ1n) is 5.94. The third kappa shape index (κ3) is 3.66. The van der Waals surface area contributed by atoms with Crippen molar-refractivity contribution in [2.45, 2.75) is 12.5 Å². The van der Waals surface area contributed by atoms with E-state index in [0.717, 1.165) is 5.56 Å². The zero-order valence-electron chi connectivity index (χ0n) is 10.5. The van der Waals surface area contributed by atoms with Crippen molar-refractivity contribution < 1.29 is 9.90 Å². The summed E-state index contributed by atoms with van der Waals surface area (Å²) >= 11 is 0. The van der Waals surface area contributed by atoms with Gasteiger partial charge in [0.25, 0.3) is 5.56 Å². The summed E-state index contributed by atoms with van der Waals surface area (Å²) in [6, 6.07) is 8.35. The fourth-order valence-electron chi connectivity index (χ4n) is 1.61. The monoisotopic (exact) mass is 274 g/mol. The molecule has 0 aliphatic heterocycles. The standard InChI is InChI=1S/C13H14N4O3/c14-10(7-8-1-3-9(18)4-2-8)13(20)15-11-5-6-12(19)17-16-11/h1-6,10,18H,7,14H2,(H,17,19)(H,15,16,20)/t10-/m1/s1. The van der Waals surface area contributed by atoms with E-state index in [0.29, 0.717) is 6.42 Å². The van der Waals surface area contributed by atoms with Gasteiger partial charge in [-0.1, -0.05) is 12.1 Å². The molecule has 5 N–H and O–H groups in total. The predicted molar refractivity (Wildman–Crippen MR) is 73.3 cm³/mol. The number of aromatic amines is 1. The highest BCUT2D eigenvalue weighted by Gasteiger charge is 2.14. The van der Waals surface area contributed by atoms with Gasteiger partial charge < -0.3 is 16.2 Å². The van der Waals surface area contributed by atoms with Crippen molar-refractivity contribution in [3.05, 3.63) is 52.3 Å². The Morgan fingerprint density at radius 2 is 2.00 bits per heavy atom. The highest BCUT2D eigenvalue weighted by molar-refractivity contribution is 5.93. The van der Waals surface area contributed by atoms with Crippen LogP contribution in [-0.2, 0) is 11.2 Å². The zero-order valence-corrected chi connectivity index (χ0v) is 10.5. The van der Waals surface area contributed by atoms with Crippen LogP contribution in [0.4, 0.5) is 5.82 Å². The number of benzene rings is 1. The van der Waals surface area contributed by atoms with Crippen LogP contribution in [0.5, 0.6) is 5.75 Å². The van der Waals surface area contributed by atoms with Gasteiger partial charge in [-0.15, -0.1) is 0 Å². The first-order chi connectivity index (χ1) is 9.54. The third-order valence-electron chi connectivity index (χ3n) is 2.66. The normalized spacial score (nSPS) is 11.8. The Labute approximate surface area is 114 Å². The van der Waals surface area contributed by atoms with Gasteiger partial charge in [-0.2, -0.15) is 5.10 Å². The van der Waals surface area contributed by atoms with Crippen molar-refractivity contribution in [2.24, 2.45) is 5.73 Å². The molecule has 1 atom stereocenters. The Kier molecular flexibility index (Phi) is 4.11. The molecule has 0 aliphatic carbocycles. The minimum atomic E-state index is -0.756. The van der Waals surface area contributed by atoms with E-state index < -0.39 is 11.9 Å². The molecule has 104 valence electrons. The maximum Gasteiger partial charge on any atom is 0.264 e. The van der Waals surface area contributed by atoms with Crippen molar-refractivity contribution in [3.8, 4) is 5.75 Å². The van der Waals surface area contributed by atoms with Gasteiger partial charge in [0, 0.05) is 6.07 Å². The van der Waals surface area contributed by atoms with E-state index in [1.807, 2.05) is 0 Å². The third-order valence-corrected chi connectivity index (χ3v) is 2.66. The molecule has 0 saturated carbocycles. The van der Waals surface area contributed by atoms with E-state index in [1.54, 1.807) is 12.1 Å². The number of amides is 1. The number of H-pyrrole nitrogens is 1. The number of carbonyl (C=O) groups excluding carboxylic acids is 1. The van der Waals surface area contributed by atoms with Crippen LogP contribution >= 0.6 is 0 Å². The second kappa shape index (κ2) is 5.98. The largest absolute Gasteiger partial charge is 0.508 e. The summed E-state index contributed by atoms with van der Waals surface area (Å²) < 4.78 is 0. The van der Waals surface area contributed by atoms with E-state index in [-0.39, 0.29) is 17.1 Å². The van der Waals surface area contributed by atoms with Gasteiger partial charge in [-0.25, -0.2) is 5.10 Å². The molecule has 1 aromatic carbocycles. The number of carbonyl (C=O) groups is 1. The molecule has 1 amide bonds. The lowest BCUT2D eigenvalue weighted by atomic mass is 10.1. The van der Waals surface area contributed by atoms with E-state index >= 15 is 0 Å². The van der Waals surface area contributed by atoms with Gasteiger partial charge in [-0.3, -0.25) is 9.59 Å². The molecule has 0 bridgehead atoms. The summed E-state index contributed by atoms with van der Waals surface area (Å²) in [6.07, 6.45) is 0.329. The number of hydrogen-bond donors (Lipinski definition) is 4. The molecule has 0 aliphatic rings. The number of aromatic nitrogens is 2. The van der Waals surface area contributed by atoms with Gasteiger partial charge in [-0.05, 0) is 30.2 Å². The Morgan fingerprint density at radius 1 is 1.30 bits per heavy atom. The highest BCUT2D eigenvalue weighted by atomic mass is 16.3. The number of aromatic hydroxyl groups is 1. The number of anilines is 1. The first kappa shape index (κ1) is 13.8. The first-order valence-corrected chi connectivity index (χ1v) is 5.94. The van der Waals surface area contributed by atoms with Gasteiger partial charge in [0.1, 0.15) is 5.75 Å². The van der Waals surface area contributed by atoms with Crippen LogP contribution in [-0.4, -0.2) is 27.3 Å². The molecule has 20 heavy (non-hydrogen) atoms. The fraction of sp³-hybridized carbons (Fsp3) is 0.154.